The lowest BCUT2D eigenvalue weighted by atomic mass is 10.2. The minimum atomic E-state index is -0.261. The van der Waals surface area contributed by atoms with Crippen LogP contribution in [0.4, 0.5) is 4.79 Å². The molecule has 2 aromatic carbocycles. The predicted octanol–water partition coefficient (Wildman–Crippen LogP) is 2.33. The van der Waals surface area contributed by atoms with Crippen molar-refractivity contribution in [2.45, 2.75) is 12.6 Å². The smallest absolute Gasteiger partial charge is 0.315 e. The summed E-state index contributed by atoms with van der Waals surface area (Å²) in [6.45, 7) is 1.16. The number of nitrogens with one attached hydrogen (secondary N) is 2. The van der Waals surface area contributed by atoms with E-state index >= 15 is 0 Å². The normalized spacial score (nSPS) is 15.5. The maximum absolute atomic E-state index is 11.9. The second-order valence-electron chi connectivity index (χ2n) is 5.37. The third-order valence-electron chi connectivity index (χ3n) is 3.69. The van der Waals surface area contributed by atoms with E-state index in [0.717, 1.165) is 17.1 Å². The van der Waals surface area contributed by atoms with Gasteiger partial charge >= 0.3 is 6.03 Å². The first-order chi connectivity index (χ1) is 11.8. The van der Waals surface area contributed by atoms with Crippen molar-refractivity contribution in [2.75, 3.05) is 20.3 Å². The van der Waals surface area contributed by atoms with E-state index in [-0.39, 0.29) is 12.1 Å². The SMILES string of the molecule is COc1ccccc1CNC(=O)NC[C@@H]1COc2ccccc2O1. The molecule has 1 heterocycles. The van der Waals surface area contributed by atoms with Gasteiger partial charge in [0.15, 0.2) is 17.6 Å². The Labute approximate surface area is 140 Å². The van der Waals surface area contributed by atoms with Gasteiger partial charge in [-0.2, -0.15) is 0 Å². The molecule has 0 saturated carbocycles. The van der Waals surface area contributed by atoms with Crippen molar-refractivity contribution in [1.82, 2.24) is 10.6 Å². The summed E-state index contributed by atoms with van der Waals surface area (Å²) in [5.74, 6) is 2.18. The van der Waals surface area contributed by atoms with E-state index in [2.05, 4.69) is 10.6 Å². The van der Waals surface area contributed by atoms with Crippen LogP contribution in [0.1, 0.15) is 5.56 Å². The van der Waals surface area contributed by atoms with Crippen LogP contribution in [-0.2, 0) is 6.54 Å². The monoisotopic (exact) mass is 328 g/mol. The fourth-order valence-electron chi connectivity index (χ4n) is 2.46. The Kier molecular flexibility index (Phi) is 5.05. The summed E-state index contributed by atoms with van der Waals surface area (Å²) >= 11 is 0. The maximum Gasteiger partial charge on any atom is 0.315 e. The molecule has 6 nitrogen and oxygen atoms in total. The minimum Gasteiger partial charge on any atom is -0.496 e. The van der Waals surface area contributed by atoms with Gasteiger partial charge in [0.1, 0.15) is 12.4 Å². The van der Waals surface area contributed by atoms with Gasteiger partial charge in [-0.25, -0.2) is 4.79 Å². The predicted molar refractivity (Wildman–Crippen MR) is 89.6 cm³/mol. The van der Waals surface area contributed by atoms with E-state index in [1.54, 1.807) is 7.11 Å². The first-order valence-corrected chi connectivity index (χ1v) is 7.78. The lowest BCUT2D eigenvalue weighted by molar-refractivity contribution is 0.0918. The zero-order valence-corrected chi connectivity index (χ0v) is 13.5. The van der Waals surface area contributed by atoms with E-state index in [4.69, 9.17) is 14.2 Å². The Balaban J connectivity index is 1.45. The van der Waals surface area contributed by atoms with Crippen LogP contribution in [0.2, 0.25) is 0 Å². The quantitative estimate of drug-likeness (QED) is 0.884. The largest absolute Gasteiger partial charge is 0.496 e. The van der Waals surface area contributed by atoms with Crippen LogP contribution in [0.5, 0.6) is 17.2 Å². The molecule has 1 aliphatic heterocycles. The molecule has 0 radical (unpaired) electrons. The van der Waals surface area contributed by atoms with Gasteiger partial charge in [0.2, 0.25) is 0 Å². The molecule has 3 rings (SSSR count). The van der Waals surface area contributed by atoms with Crippen molar-refractivity contribution < 1.29 is 19.0 Å². The van der Waals surface area contributed by atoms with Gasteiger partial charge in [-0.15, -0.1) is 0 Å². The van der Waals surface area contributed by atoms with Crippen LogP contribution in [-0.4, -0.2) is 32.4 Å². The zero-order chi connectivity index (χ0) is 16.8. The first kappa shape index (κ1) is 16.0. The number of para-hydroxylation sites is 3. The third-order valence-corrected chi connectivity index (χ3v) is 3.69. The number of carbonyl (C=O) groups excluding carboxylic acids is 1. The average Bonchev–Trinajstić information content (AvgIpc) is 2.64. The Morgan fingerprint density at radius 2 is 1.88 bits per heavy atom. The third kappa shape index (κ3) is 3.90. The second kappa shape index (κ2) is 7.59. The highest BCUT2D eigenvalue weighted by Gasteiger charge is 2.20. The Morgan fingerprint density at radius 3 is 2.71 bits per heavy atom. The number of hydrogen-bond donors (Lipinski definition) is 2. The highest BCUT2D eigenvalue weighted by Crippen LogP contribution is 2.30. The standard InChI is InChI=1S/C18H20N2O4/c1-22-15-7-3-2-6-13(15)10-19-18(21)20-11-14-12-23-16-8-4-5-9-17(16)24-14/h2-9,14H,10-12H2,1H3,(H2,19,20,21)/t14-/m1/s1. The topological polar surface area (TPSA) is 68.8 Å². The fourth-order valence-corrected chi connectivity index (χ4v) is 2.46. The second-order valence-corrected chi connectivity index (χ2v) is 5.37. The Morgan fingerprint density at radius 1 is 1.12 bits per heavy atom. The highest BCUT2D eigenvalue weighted by molar-refractivity contribution is 5.73. The number of rotatable bonds is 5. The number of hydrogen-bond acceptors (Lipinski definition) is 4. The molecule has 126 valence electrons. The summed E-state index contributed by atoms with van der Waals surface area (Å²) in [7, 11) is 1.61. The molecule has 0 bridgehead atoms. The molecule has 24 heavy (non-hydrogen) atoms. The number of fused-ring (bicyclic) bond motifs is 1. The molecule has 1 atom stereocenters. The molecule has 0 saturated heterocycles. The van der Waals surface area contributed by atoms with Gasteiger partial charge < -0.3 is 24.8 Å². The highest BCUT2D eigenvalue weighted by atomic mass is 16.6. The van der Waals surface area contributed by atoms with E-state index < -0.39 is 0 Å². The summed E-state index contributed by atoms with van der Waals surface area (Å²) in [6.07, 6.45) is -0.211. The molecule has 0 aliphatic carbocycles. The molecule has 0 fully saturated rings. The summed E-state index contributed by atoms with van der Waals surface area (Å²) in [5.41, 5.74) is 0.918. The van der Waals surface area contributed by atoms with Crippen molar-refractivity contribution in [3.8, 4) is 17.2 Å². The summed E-state index contributed by atoms with van der Waals surface area (Å²) in [5, 5.41) is 5.60. The molecule has 1 aliphatic rings. The van der Waals surface area contributed by atoms with Crippen molar-refractivity contribution in [3.63, 3.8) is 0 Å². The van der Waals surface area contributed by atoms with Crippen LogP contribution in [0.3, 0.4) is 0 Å². The van der Waals surface area contributed by atoms with Gasteiger partial charge in [-0.3, -0.25) is 0 Å². The molecular weight excluding hydrogens is 308 g/mol. The van der Waals surface area contributed by atoms with Crippen LogP contribution in [0.25, 0.3) is 0 Å². The molecule has 6 heteroatoms. The number of carbonyl (C=O) groups is 1. The average molecular weight is 328 g/mol. The Hall–Kier alpha value is -2.89. The summed E-state index contributed by atoms with van der Waals surface area (Å²) in [4.78, 5) is 11.9. The van der Waals surface area contributed by atoms with E-state index in [1.165, 1.54) is 0 Å². The van der Waals surface area contributed by atoms with Crippen molar-refractivity contribution in [3.05, 3.63) is 54.1 Å². The van der Waals surface area contributed by atoms with Crippen LogP contribution < -0.4 is 24.8 Å². The van der Waals surface area contributed by atoms with Crippen LogP contribution in [0, 0.1) is 0 Å². The summed E-state index contributed by atoms with van der Waals surface area (Å²) < 4.78 is 16.7. The molecule has 2 aromatic rings. The molecule has 2 N–H and O–H groups in total. The molecule has 0 aromatic heterocycles. The number of urea groups is 1. The van der Waals surface area contributed by atoms with Crippen molar-refractivity contribution in [2.24, 2.45) is 0 Å². The van der Waals surface area contributed by atoms with Crippen molar-refractivity contribution in [1.29, 1.82) is 0 Å². The van der Waals surface area contributed by atoms with E-state index in [0.29, 0.717) is 25.4 Å². The first-order valence-electron chi connectivity index (χ1n) is 7.78. The van der Waals surface area contributed by atoms with Gasteiger partial charge in [-0.1, -0.05) is 30.3 Å². The number of benzene rings is 2. The van der Waals surface area contributed by atoms with Gasteiger partial charge in [0.05, 0.1) is 13.7 Å². The fraction of sp³-hybridized carbons (Fsp3) is 0.278. The van der Waals surface area contributed by atoms with Gasteiger partial charge in [0, 0.05) is 12.1 Å². The van der Waals surface area contributed by atoms with Crippen LogP contribution in [0.15, 0.2) is 48.5 Å². The number of ether oxygens (including phenoxy) is 3. The summed E-state index contributed by atoms with van der Waals surface area (Å²) in [6, 6.07) is 14.8. The number of methoxy groups -OCH3 is 1. The van der Waals surface area contributed by atoms with Gasteiger partial charge in [-0.05, 0) is 18.2 Å². The molecule has 0 unspecified atom stereocenters. The van der Waals surface area contributed by atoms with E-state index in [1.807, 2.05) is 48.5 Å². The molecule has 0 spiro atoms. The van der Waals surface area contributed by atoms with Gasteiger partial charge in [0.25, 0.3) is 0 Å². The Bertz CT molecular complexity index is 705. The zero-order valence-electron chi connectivity index (χ0n) is 13.5. The number of amides is 2. The molecule has 2 amide bonds. The lowest BCUT2D eigenvalue weighted by Gasteiger charge is -2.26. The maximum atomic E-state index is 11.9. The lowest BCUT2D eigenvalue weighted by Crippen LogP contribution is -2.44. The van der Waals surface area contributed by atoms with Crippen molar-refractivity contribution >= 4 is 6.03 Å². The van der Waals surface area contributed by atoms with E-state index in [9.17, 15) is 4.79 Å². The van der Waals surface area contributed by atoms with Crippen LogP contribution >= 0.6 is 0 Å². The minimum absolute atomic E-state index is 0.211. The molecular formula is C18H20N2O4.